The lowest BCUT2D eigenvalue weighted by molar-refractivity contribution is -0.325. The maximum Gasteiger partial charge on any atom is 0.522 e. The third-order valence-corrected chi connectivity index (χ3v) is 3.82. The van der Waals surface area contributed by atoms with E-state index in [1.807, 2.05) is 0 Å². The number of carbonyl (C=O) groups excluding carboxylic acids is 1. The van der Waals surface area contributed by atoms with Gasteiger partial charge in [0, 0.05) is 19.6 Å². The van der Waals surface area contributed by atoms with E-state index in [1.165, 1.54) is 12.1 Å². The van der Waals surface area contributed by atoms with E-state index in [0.29, 0.717) is 0 Å². The number of hydrogen-bond acceptors (Lipinski definition) is 7. The molecule has 8 nitrogen and oxygen atoms in total. The summed E-state index contributed by atoms with van der Waals surface area (Å²) < 4.78 is 39.5. The van der Waals surface area contributed by atoms with Gasteiger partial charge in [-0.25, -0.2) is 15.0 Å². The Morgan fingerprint density at radius 2 is 2.00 bits per heavy atom. The van der Waals surface area contributed by atoms with Gasteiger partial charge in [0.15, 0.2) is 11.5 Å². The number of likely N-dealkylation sites (N-methyl/N-ethyl adjacent to an activating group) is 1. The maximum atomic E-state index is 12.3. The van der Waals surface area contributed by atoms with Crippen LogP contribution in [0.15, 0.2) is 9.98 Å². The van der Waals surface area contributed by atoms with Crippen molar-refractivity contribution in [3.63, 3.8) is 0 Å². The van der Waals surface area contributed by atoms with Crippen LogP contribution in [0.5, 0.6) is 0 Å². The number of carbonyl (C=O) groups is 1. The molecule has 1 fully saturated rings. The Hall–Kier alpha value is -1.72. The summed E-state index contributed by atoms with van der Waals surface area (Å²) in [7, 11) is 1.53. The third-order valence-electron chi connectivity index (χ3n) is 3.82. The van der Waals surface area contributed by atoms with Gasteiger partial charge < -0.3 is 5.32 Å². The Labute approximate surface area is 143 Å². The molecule has 1 saturated carbocycles. The summed E-state index contributed by atoms with van der Waals surface area (Å²) in [5, 5.41) is 4.28. The number of hydrogen-bond donors (Lipinski definition) is 3. The third kappa shape index (κ3) is 6.59. The number of alkyl halides is 3. The van der Waals surface area contributed by atoms with Crippen LogP contribution in [0.4, 0.5) is 13.2 Å². The molecule has 0 aromatic rings. The molecule has 1 unspecified atom stereocenters. The average Bonchev–Trinajstić information content (AvgIpc) is 3.13. The Morgan fingerprint density at radius 1 is 1.32 bits per heavy atom. The number of amidine groups is 1. The number of halogens is 3. The number of nitrogens with one attached hydrogen (secondary N) is 3. The number of hydrazine groups is 2. The van der Waals surface area contributed by atoms with Crippen molar-refractivity contribution in [2.75, 3.05) is 20.2 Å². The van der Waals surface area contributed by atoms with E-state index >= 15 is 0 Å². The van der Waals surface area contributed by atoms with E-state index in [4.69, 9.17) is 0 Å². The molecule has 0 spiro atoms. The van der Waals surface area contributed by atoms with Gasteiger partial charge in [-0.3, -0.25) is 15.0 Å². The molecule has 0 radical (unpaired) electrons. The molecule has 0 saturated heterocycles. The smallest absolute Gasteiger partial charge is 0.348 e. The van der Waals surface area contributed by atoms with Crippen molar-refractivity contribution < 1.29 is 22.7 Å². The van der Waals surface area contributed by atoms with Gasteiger partial charge in [-0.05, 0) is 19.8 Å². The zero-order chi connectivity index (χ0) is 18.4. The standard InChI is InChI=1S/C14H23F3N6O2/c1-9-18-11(13(24)20-10-5-3-4-6-10)12(19-9)21-22-23(2)7-8-25-14(15,16)17/h9-10,22H,3-8H2,1-2H3,(H,19,21)(H,20,24). The highest BCUT2D eigenvalue weighted by Gasteiger charge is 2.29. The predicted octanol–water partition coefficient (Wildman–Crippen LogP) is 0.722. The van der Waals surface area contributed by atoms with Crippen LogP contribution in [0.1, 0.15) is 32.6 Å². The van der Waals surface area contributed by atoms with Crippen LogP contribution in [0.3, 0.4) is 0 Å². The maximum absolute atomic E-state index is 12.3. The van der Waals surface area contributed by atoms with E-state index < -0.39 is 19.1 Å². The van der Waals surface area contributed by atoms with Gasteiger partial charge in [-0.1, -0.05) is 12.8 Å². The zero-order valence-corrected chi connectivity index (χ0v) is 14.2. The molecule has 0 bridgehead atoms. The van der Waals surface area contributed by atoms with Crippen molar-refractivity contribution >= 4 is 17.5 Å². The fourth-order valence-corrected chi connectivity index (χ4v) is 2.61. The predicted molar refractivity (Wildman–Crippen MR) is 85.6 cm³/mol. The molecule has 1 heterocycles. The molecule has 1 atom stereocenters. The number of rotatable bonds is 7. The van der Waals surface area contributed by atoms with Gasteiger partial charge in [0.1, 0.15) is 6.17 Å². The molecule has 1 amide bonds. The number of ether oxygens (including phenoxy) is 1. The molecule has 2 rings (SSSR count). The topological polar surface area (TPSA) is 90.4 Å². The zero-order valence-electron chi connectivity index (χ0n) is 14.2. The molecular weight excluding hydrogens is 341 g/mol. The lowest BCUT2D eigenvalue weighted by Gasteiger charge is -2.20. The minimum Gasteiger partial charge on any atom is -0.348 e. The van der Waals surface area contributed by atoms with Crippen molar-refractivity contribution in [1.82, 2.24) is 21.3 Å². The quantitative estimate of drug-likeness (QED) is 0.579. The highest BCUT2D eigenvalue weighted by Crippen LogP contribution is 2.18. The van der Waals surface area contributed by atoms with Crippen LogP contribution < -0.4 is 16.3 Å². The van der Waals surface area contributed by atoms with Crippen molar-refractivity contribution in [3.05, 3.63) is 0 Å². The fourth-order valence-electron chi connectivity index (χ4n) is 2.61. The highest BCUT2D eigenvalue weighted by molar-refractivity contribution is 6.67. The molecule has 11 heteroatoms. The summed E-state index contributed by atoms with van der Waals surface area (Å²) in [6.07, 6.45) is -0.952. The second-order valence-corrected chi connectivity index (χ2v) is 5.99. The monoisotopic (exact) mass is 364 g/mol. The molecule has 1 aliphatic heterocycles. The van der Waals surface area contributed by atoms with Gasteiger partial charge in [-0.15, -0.1) is 13.2 Å². The number of aliphatic imine (C=N–C) groups is 2. The van der Waals surface area contributed by atoms with Gasteiger partial charge in [-0.2, -0.15) is 5.53 Å². The minimum atomic E-state index is -4.66. The van der Waals surface area contributed by atoms with E-state index in [-0.39, 0.29) is 30.0 Å². The van der Waals surface area contributed by atoms with E-state index in [1.54, 1.807) is 6.92 Å². The first-order valence-corrected chi connectivity index (χ1v) is 8.15. The largest absolute Gasteiger partial charge is 0.522 e. The Morgan fingerprint density at radius 3 is 2.64 bits per heavy atom. The summed E-state index contributed by atoms with van der Waals surface area (Å²) in [5.41, 5.74) is 5.55. The van der Waals surface area contributed by atoms with Crippen molar-refractivity contribution in [2.45, 2.75) is 51.2 Å². The van der Waals surface area contributed by atoms with Gasteiger partial charge in [0.05, 0.1) is 6.61 Å². The molecule has 0 aromatic heterocycles. The highest BCUT2D eigenvalue weighted by atomic mass is 19.4. The number of nitrogens with zero attached hydrogens (tertiary/aromatic N) is 3. The Balaban J connectivity index is 1.78. The molecule has 3 N–H and O–H groups in total. The van der Waals surface area contributed by atoms with E-state index in [0.717, 1.165) is 25.7 Å². The van der Waals surface area contributed by atoms with Gasteiger partial charge >= 0.3 is 6.36 Å². The molecule has 0 aromatic carbocycles. The Bertz CT molecular complexity index is 531. The lowest BCUT2D eigenvalue weighted by atomic mass is 10.2. The summed E-state index contributed by atoms with van der Waals surface area (Å²) in [5.74, 6) is -0.0426. The van der Waals surface area contributed by atoms with Crippen LogP contribution in [-0.4, -0.2) is 61.2 Å². The number of amides is 1. The Kier molecular flexibility index (Phi) is 6.73. The van der Waals surface area contributed by atoms with Gasteiger partial charge in [0.25, 0.3) is 5.91 Å². The minimum absolute atomic E-state index is 0.0317. The van der Waals surface area contributed by atoms with E-state index in [2.05, 4.69) is 31.0 Å². The second kappa shape index (κ2) is 8.59. The van der Waals surface area contributed by atoms with Crippen molar-refractivity contribution in [1.29, 1.82) is 0 Å². The summed E-state index contributed by atoms with van der Waals surface area (Å²) in [6, 6.07) is 0.155. The van der Waals surface area contributed by atoms with Gasteiger partial charge in [0.2, 0.25) is 0 Å². The van der Waals surface area contributed by atoms with Crippen LogP contribution in [0.2, 0.25) is 0 Å². The van der Waals surface area contributed by atoms with Crippen LogP contribution in [0, 0.1) is 0 Å². The molecule has 142 valence electrons. The first-order chi connectivity index (χ1) is 11.7. The second-order valence-electron chi connectivity index (χ2n) is 5.99. The first kappa shape index (κ1) is 19.6. The normalized spacial score (nSPS) is 21.4. The van der Waals surface area contributed by atoms with Crippen LogP contribution >= 0.6 is 0 Å². The summed E-state index contributed by atoms with van der Waals surface area (Å²) in [4.78, 5) is 20.7. The molecule has 25 heavy (non-hydrogen) atoms. The first-order valence-electron chi connectivity index (χ1n) is 8.15. The summed E-state index contributed by atoms with van der Waals surface area (Å²) >= 11 is 0. The lowest BCUT2D eigenvalue weighted by Crippen LogP contribution is -2.53. The molecule has 1 aliphatic carbocycles. The van der Waals surface area contributed by atoms with Crippen molar-refractivity contribution in [3.8, 4) is 0 Å². The van der Waals surface area contributed by atoms with E-state index in [9.17, 15) is 18.0 Å². The molecular formula is C14H23F3N6O2. The summed E-state index contributed by atoms with van der Waals surface area (Å²) in [6.45, 7) is 1.18. The molecule has 2 aliphatic rings. The van der Waals surface area contributed by atoms with Crippen molar-refractivity contribution in [2.24, 2.45) is 9.98 Å². The fraction of sp³-hybridized carbons (Fsp3) is 0.786. The average molecular weight is 364 g/mol. The van der Waals surface area contributed by atoms with Crippen LogP contribution in [0.25, 0.3) is 0 Å². The van der Waals surface area contributed by atoms with Crippen LogP contribution in [-0.2, 0) is 9.53 Å². The SMILES string of the molecule is CC1N=C(NNN(C)CCOC(F)(F)F)C(C(=O)NC2CCCC2)=N1.